The van der Waals surface area contributed by atoms with Crippen molar-refractivity contribution in [2.45, 2.75) is 24.7 Å². The van der Waals surface area contributed by atoms with E-state index in [1.807, 2.05) is 41.4 Å². The smallest absolute Gasteiger partial charge is 0.233 e. The standard InChI is InChI=1S/C28H32N2O4/c1-32-25-7-5-24(6-8-25)28(10-14-33-15-11-28)27(31)30-13-16-34-20-22(19-30)17-21-4-9-26-23(18-21)3-2-12-29-26/h2-9,12,18,22H,10-11,13-17,19-20H2,1H3/t22-/m1/s1. The van der Waals surface area contributed by atoms with Crippen molar-refractivity contribution in [3.05, 3.63) is 71.9 Å². The Bertz CT molecular complexity index is 1120. The number of aromatic nitrogens is 1. The van der Waals surface area contributed by atoms with Crippen molar-refractivity contribution < 1.29 is 19.0 Å². The Labute approximate surface area is 200 Å². The molecule has 2 aliphatic rings. The second kappa shape index (κ2) is 10.1. The van der Waals surface area contributed by atoms with E-state index in [9.17, 15) is 4.79 Å². The Kier molecular flexibility index (Phi) is 6.79. The molecule has 0 bridgehead atoms. The van der Waals surface area contributed by atoms with E-state index in [1.165, 1.54) is 5.56 Å². The van der Waals surface area contributed by atoms with E-state index in [-0.39, 0.29) is 11.8 Å². The zero-order valence-corrected chi connectivity index (χ0v) is 19.7. The highest BCUT2D eigenvalue weighted by Gasteiger charge is 2.44. The Morgan fingerprint density at radius 2 is 1.91 bits per heavy atom. The van der Waals surface area contributed by atoms with Crippen molar-refractivity contribution in [2.75, 3.05) is 46.6 Å². The number of carbonyl (C=O) groups is 1. The van der Waals surface area contributed by atoms with E-state index in [0.29, 0.717) is 52.4 Å². The first-order valence-electron chi connectivity index (χ1n) is 12.1. The van der Waals surface area contributed by atoms with Crippen molar-refractivity contribution in [1.29, 1.82) is 0 Å². The summed E-state index contributed by atoms with van der Waals surface area (Å²) >= 11 is 0. The molecule has 0 saturated carbocycles. The molecule has 5 rings (SSSR count). The number of hydrogen-bond acceptors (Lipinski definition) is 5. The van der Waals surface area contributed by atoms with Crippen LogP contribution in [-0.4, -0.2) is 62.4 Å². The number of ether oxygens (including phenoxy) is 3. The molecule has 0 unspecified atom stereocenters. The quantitative estimate of drug-likeness (QED) is 0.576. The lowest BCUT2D eigenvalue weighted by molar-refractivity contribution is -0.141. The Hall–Kier alpha value is -2.96. The van der Waals surface area contributed by atoms with Gasteiger partial charge in [-0.2, -0.15) is 0 Å². The van der Waals surface area contributed by atoms with E-state index < -0.39 is 5.41 Å². The third-order valence-corrected chi connectivity index (χ3v) is 7.22. The third kappa shape index (κ3) is 4.65. The SMILES string of the molecule is COc1ccc(C2(C(=O)N3CCOC[C@H](Cc4ccc5ncccc5c4)C3)CCOCC2)cc1. The van der Waals surface area contributed by atoms with E-state index >= 15 is 0 Å². The molecule has 6 nitrogen and oxygen atoms in total. The first-order chi connectivity index (χ1) is 16.7. The minimum Gasteiger partial charge on any atom is -0.497 e. The minimum absolute atomic E-state index is 0.194. The van der Waals surface area contributed by atoms with Crippen molar-refractivity contribution in [2.24, 2.45) is 5.92 Å². The lowest BCUT2D eigenvalue weighted by Crippen LogP contribution is -2.51. The largest absolute Gasteiger partial charge is 0.497 e. The van der Waals surface area contributed by atoms with Crippen LogP contribution in [0.4, 0.5) is 0 Å². The molecule has 2 fully saturated rings. The molecule has 2 aliphatic heterocycles. The molecule has 0 spiro atoms. The fraction of sp³-hybridized carbons (Fsp3) is 0.429. The summed E-state index contributed by atoms with van der Waals surface area (Å²) in [5.74, 6) is 1.24. The molecule has 2 aromatic carbocycles. The van der Waals surface area contributed by atoms with Gasteiger partial charge in [-0.15, -0.1) is 0 Å². The number of amides is 1. The van der Waals surface area contributed by atoms with E-state index in [1.54, 1.807) is 7.11 Å². The maximum absolute atomic E-state index is 14.1. The molecule has 3 heterocycles. The van der Waals surface area contributed by atoms with Gasteiger partial charge in [0.25, 0.3) is 0 Å². The van der Waals surface area contributed by atoms with Gasteiger partial charge in [-0.1, -0.05) is 24.3 Å². The molecule has 0 aliphatic carbocycles. The third-order valence-electron chi connectivity index (χ3n) is 7.22. The number of fused-ring (bicyclic) bond motifs is 1. The average molecular weight is 461 g/mol. The maximum atomic E-state index is 14.1. The maximum Gasteiger partial charge on any atom is 0.233 e. The summed E-state index contributed by atoms with van der Waals surface area (Å²) in [4.78, 5) is 20.6. The summed E-state index contributed by atoms with van der Waals surface area (Å²) in [6.07, 6.45) is 4.07. The highest BCUT2D eigenvalue weighted by molar-refractivity contribution is 5.88. The molecule has 1 aromatic heterocycles. The van der Waals surface area contributed by atoms with Crippen LogP contribution in [0.15, 0.2) is 60.8 Å². The zero-order chi connectivity index (χ0) is 23.4. The summed E-state index contributed by atoms with van der Waals surface area (Å²) in [7, 11) is 1.66. The van der Waals surface area contributed by atoms with Crippen molar-refractivity contribution >= 4 is 16.8 Å². The van der Waals surface area contributed by atoms with Crippen LogP contribution in [0.3, 0.4) is 0 Å². The molecule has 178 valence electrons. The molecule has 3 aromatic rings. The van der Waals surface area contributed by atoms with Gasteiger partial charge in [0.2, 0.25) is 5.91 Å². The zero-order valence-electron chi connectivity index (χ0n) is 19.7. The number of rotatable bonds is 5. The van der Waals surface area contributed by atoms with Crippen LogP contribution in [0.25, 0.3) is 10.9 Å². The first kappa shape index (κ1) is 22.8. The second-order valence-electron chi connectivity index (χ2n) is 9.35. The van der Waals surface area contributed by atoms with Crippen LogP contribution in [-0.2, 0) is 26.1 Å². The monoisotopic (exact) mass is 460 g/mol. The Balaban J connectivity index is 1.37. The average Bonchev–Trinajstić information content (AvgIpc) is 3.14. The Morgan fingerprint density at radius 1 is 1.09 bits per heavy atom. The van der Waals surface area contributed by atoms with Gasteiger partial charge in [-0.25, -0.2) is 0 Å². The van der Waals surface area contributed by atoms with Crippen molar-refractivity contribution in [3.63, 3.8) is 0 Å². The number of nitrogens with zero attached hydrogens (tertiary/aromatic N) is 2. The highest BCUT2D eigenvalue weighted by Crippen LogP contribution is 2.38. The van der Waals surface area contributed by atoms with Crippen LogP contribution >= 0.6 is 0 Å². The van der Waals surface area contributed by atoms with Gasteiger partial charge in [0.05, 0.1) is 31.3 Å². The normalized spacial score (nSPS) is 20.6. The molecule has 1 amide bonds. The second-order valence-corrected chi connectivity index (χ2v) is 9.35. The van der Waals surface area contributed by atoms with Gasteiger partial charge in [0.15, 0.2) is 0 Å². The van der Waals surface area contributed by atoms with Gasteiger partial charge in [0.1, 0.15) is 5.75 Å². The molecule has 0 radical (unpaired) electrons. The fourth-order valence-electron chi connectivity index (χ4n) is 5.33. The molecular weight excluding hydrogens is 428 g/mol. The molecule has 2 saturated heterocycles. The van der Waals surface area contributed by atoms with Crippen molar-refractivity contribution in [1.82, 2.24) is 9.88 Å². The van der Waals surface area contributed by atoms with Crippen LogP contribution in [0.2, 0.25) is 0 Å². The van der Waals surface area contributed by atoms with Crippen LogP contribution in [0, 0.1) is 5.92 Å². The molecule has 6 heteroatoms. The number of benzene rings is 2. The molecule has 0 N–H and O–H groups in total. The molecule has 34 heavy (non-hydrogen) atoms. The van der Waals surface area contributed by atoms with E-state index in [0.717, 1.165) is 28.6 Å². The minimum atomic E-state index is -0.561. The fourth-order valence-corrected chi connectivity index (χ4v) is 5.33. The summed E-state index contributed by atoms with van der Waals surface area (Å²) < 4.78 is 17.0. The van der Waals surface area contributed by atoms with Gasteiger partial charge < -0.3 is 19.1 Å². The number of hydrogen-bond donors (Lipinski definition) is 0. The summed E-state index contributed by atoms with van der Waals surface area (Å²) in [5.41, 5.74) is 2.74. The number of methoxy groups -OCH3 is 1. The van der Waals surface area contributed by atoms with E-state index in [4.69, 9.17) is 14.2 Å². The predicted molar refractivity (Wildman–Crippen MR) is 131 cm³/mol. The predicted octanol–water partition coefficient (Wildman–Crippen LogP) is 4.01. The van der Waals surface area contributed by atoms with E-state index in [2.05, 4.69) is 29.2 Å². The van der Waals surface area contributed by atoms with Gasteiger partial charge >= 0.3 is 0 Å². The number of pyridine rings is 1. The van der Waals surface area contributed by atoms with Crippen LogP contribution < -0.4 is 4.74 Å². The van der Waals surface area contributed by atoms with Gasteiger partial charge in [0, 0.05) is 43.8 Å². The topological polar surface area (TPSA) is 60.9 Å². The van der Waals surface area contributed by atoms with Gasteiger partial charge in [-0.05, 0) is 60.7 Å². The molecule has 1 atom stereocenters. The summed E-state index contributed by atoms with van der Waals surface area (Å²) in [6, 6.07) is 18.5. The summed E-state index contributed by atoms with van der Waals surface area (Å²) in [6.45, 7) is 3.73. The van der Waals surface area contributed by atoms with Crippen LogP contribution in [0.1, 0.15) is 24.0 Å². The molecular formula is C28H32N2O4. The Morgan fingerprint density at radius 3 is 2.71 bits per heavy atom. The number of carbonyl (C=O) groups excluding carboxylic acids is 1. The summed E-state index contributed by atoms with van der Waals surface area (Å²) in [5, 5.41) is 1.14. The first-order valence-corrected chi connectivity index (χ1v) is 12.1. The lowest BCUT2D eigenvalue weighted by atomic mass is 9.72. The van der Waals surface area contributed by atoms with Gasteiger partial charge in [-0.3, -0.25) is 9.78 Å². The van der Waals surface area contributed by atoms with Crippen LogP contribution in [0.5, 0.6) is 5.75 Å². The van der Waals surface area contributed by atoms with Crippen molar-refractivity contribution in [3.8, 4) is 5.75 Å². The lowest BCUT2D eigenvalue weighted by Gasteiger charge is -2.40. The highest BCUT2D eigenvalue weighted by atomic mass is 16.5.